The molecule has 0 aromatic carbocycles. The van der Waals surface area contributed by atoms with Crippen LogP contribution in [-0.2, 0) is 11.8 Å². The van der Waals surface area contributed by atoms with E-state index in [0.717, 1.165) is 12.8 Å². The first-order chi connectivity index (χ1) is 16.0. The van der Waals surface area contributed by atoms with Crippen molar-refractivity contribution in [1.82, 2.24) is 29.6 Å². The zero-order chi connectivity index (χ0) is 23.1. The number of aliphatic hydroxyl groups excluding tert-OH is 1. The zero-order valence-corrected chi connectivity index (χ0v) is 18.8. The van der Waals surface area contributed by atoms with Crippen molar-refractivity contribution < 1.29 is 14.3 Å². The lowest BCUT2D eigenvalue weighted by Crippen LogP contribution is -2.34. The largest absolute Gasteiger partial charge is 0.504 e. The maximum absolute atomic E-state index is 13.4. The number of nitrogens with one attached hydrogen (secondary N) is 1. The Bertz CT molecular complexity index is 1420. The molecule has 1 aliphatic rings. The fraction of sp³-hybridized carbons (Fsp3) is 0.391. The fourth-order valence-electron chi connectivity index (χ4n) is 4.49. The molecule has 0 amide bonds. The summed E-state index contributed by atoms with van der Waals surface area (Å²) in [6.07, 6.45) is 8.85. The Morgan fingerprint density at radius 1 is 1.39 bits per heavy atom. The van der Waals surface area contributed by atoms with Crippen molar-refractivity contribution in [1.29, 1.82) is 0 Å². The first kappa shape index (κ1) is 21.2. The molecule has 0 aliphatic carbocycles. The van der Waals surface area contributed by atoms with Gasteiger partial charge in [0.2, 0.25) is 0 Å². The van der Waals surface area contributed by atoms with Gasteiger partial charge in [0, 0.05) is 50.1 Å². The van der Waals surface area contributed by atoms with Crippen LogP contribution in [-0.4, -0.2) is 49.2 Å². The number of rotatable bonds is 5. The lowest BCUT2D eigenvalue weighted by molar-refractivity contribution is -0.00709. The molecule has 1 saturated heterocycles. The highest BCUT2D eigenvalue weighted by Gasteiger charge is 2.29. The number of hydrogen-bond acceptors (Lipinski definition) is 8. The summed E-state index contributed by atoms with van der Waals surface area (Å²) < 4.78 is 15.4. The van der Waals surface area contributed by atoms with Crippen molar-refractivity contribution >= 4 is 27.8 Å². The van der Waals surface area contributed by atoms with E-state index in [1.165, 1.54) is 6.20 Å². The molecule has 10 heteroatoms. The topological polar surface area (TPSA) is 120 Å². The van der Waals surface area contributed by atoms with Crippen LogP contribution in [0.2, 0.25) is 0 Å². The van der Waals surface area contributed by atoms with Gasteiger partial charge in [-0.25, -0.2) is 9.78 Å². The number of aromatic nitrogens is 5. The SMILES string of the molecule is CCC1CC(n2c(=O)nc(-c3cnn(C)c3)c3oc4cnc(/C(O)=C/NC)cc4c32)CCO1. The van der Waals surface area contributed by atoms with Crippen molar-refractivity contribution in [2.75, 3.05) is 13.7 Å². The predicted molar refractivity (Wildman–Crippen MR) is 124 cm³/mol. The van der Waals surface area contributed by atoms with Gasteiger partial charge < -0.3 is 19.6 Å². The maximum atomic E-state index is 13.4. The standard InChI is InChI=1S/C23H26N6O4/c1-4-15-7-14(5-6-32-15)29-21-16-8-17(18(30)10-24-2)25-11-19(16)33-22(21)20(27-23(29)31)13-9-26-28(3)12-13/h8-12,14-15,24,30H,4-7H2,1-3H3/b18-10-. The molecule has 5 rings (SSSR count). The third-order valence-electron chi connectivity index (χ3n) is 6.10. The van der Waals surface area contributed by atoms with E-state index < -0.39 is 0 Å². The molecule has 172 valence electrons. The first-order valence-corrected chi connectivity index (χ1v) is 11.0. The molecule has 2 atom stereocenters. The van der Waals surface area contributed by atoms with Gasteiger partial charge in [0.05, 0.1) is 18.5 Å². The Morgan fingerprint density at radius 2 is 2.24 bits per heavy atom. The normalized spacial score (nSPS) is 19.4. The van der Waals surface area contributed by atoms with Gasteiger partial charge in [-0.2, -0.15) is 10.1 Å². The van der Waals surface area contributed by atoms with E-state index in [1.807, 2.05) is 0 Å². The summed E-state index contributed by atoms with van der Waals surface area (Å²) >= 11 is 0. The minimum atomic E-state index is -0.348. The van der Waals surface area contributed by atoms with Crippen LogP contribution in [0.3, 0.4) is 0 Å². The number of nitrogens with zero attached hydrogens (tertiary/aromatic N) is 5. The number of hydrogen-bond donors (Lipinski definition) is 2. The van der Waals surface area contributed by atoms with Crippen LogP contribution in [0.4, 0.5) is 0 Å². The Balaban J connectivity index is 1.82. The number of furan rings is 1. The predicted octanol–water partition coefficient (Wildman–Crippen LogP) is 3.14. The Kier molecular flexibility index (Phi) is 5.37. The van der Waals surface area contributed by atoms with Gasteiger partial charge in [-0.3, -0.25) is 9.25 Å². The van der Waals surface area contributed by atoms with Crippen molar-refractivity contribution in [3.8, 4) is 11.3 Å². The number of ether oxygens (including phenoxy) is 1. The molecule has 4 aromatic heterocycles. The van der Waals surface area contributed by atoms with Crippen molar-refractivity contribution in [2.45, 2.75) is 38.3 Å². The highest BCUT2D eigenvalue weighted by atomic mass is 16.5. The van der Waals surface area contributed by atoms with Gasteiger partial charge in [0.1, 0.15) is 16.9 Å². The van der Waals surface area contributed by atoms with Crippen molar-refractivity contribution in [3.05, 3.63) is 47.0 Å². The van der Waals surface area contributed by atoms with E-state index in [-0.39, 0.29) is 23.6 Å². The molecule has 1 aliphatic heterocycles. The van der Waals surface area contributed by atoms with Crippen LogP contribution >= 0.6 is 0 Å². The van der Waals surface area contributed by atoms with E-state index in [2.05, 4.69) is 27.3 Å². The first-order valence-electron chi connectivity index (χ1n) is 11.0. The van der Waals surface area contributed by atoms with Gasteiger partial charge in [-0.1, -0.05) is 6.92 Å². The fourth-order valence-corrected chi connectivity index (χ4v) is 4.49. The second kappa shape index (κ2) is 8.36. The minimum absolute atomic E-state index is 0.0127. The highest BCUT2D eigenvalue weighted by molar-refractivity contribution is 6.07. The van der Waals surface area contributed by atoms with E-state index in [1.54, 1.807) is 48.0 Å². The zero-order valence-electron chi connectivity index (χ0n) is 18.8. The monoisotopic (exact) mass is 450 g/mol. The van der Waals surface area contributed by atoms with Crippen molar-refractivity contribution in [3.63, 3.8) is 0 Å². The maximum Gasteiger partial charge on any atom is 0.349 e. The number of aliphatic hydroxyl groups is 1. The number of fused-ring (bicyclic) bond motifs is 3. The van der Waals surface area contributed by atoms with E-state index in [0.29, 0.717) is 52.0 Å². The minimum Gasteiger partial charge on any atom is -0.504 e. The molecule has 0 bridgehead atoms. The van der Waals surface area contributed by atoms with Crippen LogP contribution < -0.4 is 11.0 Å². The summed E-state index contributed by atoms with van der Waals surface area (Å²) in [5.74, 6) is -0.0127. The molecule has 2 unspecified atom stereocenters. The summed E-state index contributed by atoms with van der Waals surface area (Å²) in [5, 5.41) is 18.1. The summed E-state index contributed by atoms with van der Waals surface area (Å²) in [4.78, 5) is 22.2. The number of aryl methyl sites for hydroxylation is 1. The molecule has 2 N–H and O–H groups in total. The molecule has 10 nitrogen and oxygen atoms in total. The van der Waals surface area contributed by atoms with E-state index in [4.69, 9.17) is 9.15 Å². The second-order valence-corrected chi connectivity index (χ2v) is 8.26. The molecular formula is C23H26N6O4. The molecule has 5 heterocycles. The van der Waals surface area contributed by atoms with Crippen molar-refractivity contribution in [2.24, 2.45) is 7.05 Å². The second-order valence-electron chi connectivity index (χ2n) is 8.26. The molecular weight excluding hydrogens is 424 g/mol. The van der Waals surface area contributed by atoms with Crippen LogP contribution in [0.1, 0.15) is 37.9 Å². The molecule has 33 heavy (non-hydrogen) atoms. The van der Waals surface area contributed by atoms with Crippen LogP contribution in [0.15, 0.2) is 40.1 Å². The average Bonchev–Trinajstić information content (AvgIpc) is 3.42. The molecule has 4 aromatic rings. The Morgan fingerprint density at radius 3 is 2.97 bits per heavy atom. The number of pyridine rings is 1. The summed E-state index contributed by atoms with van der Waals surface area (Å²) in [6, 6.07) is 1.66. The third-order valence-corrected chi connectivity index (χ3v) is 6.10. The van der Waals surface area contributed by atoms with Gasteiger partial charge in [-0.15, -0.1) is 0 Å². The van der Waals surface area contributed by atoms with Crippen LogP contribution in [0, 0.1) is 0 Å². The molecule has 0 radical (unpaired) electrons. The van der Waals surface area contributed by atoms with Gasteiger partial charge >= 0.3 is 5.69 Å². The highest BCUT2D eigenvalue weighted by Crippen LogP contribution is 2.37. The lowest BCUT2D eigenvalue weighted by Gasteiger charge is -2.30. The van der Waals surface area contributed by atoms with Crippen LogP contribution in [0.25, 0.3) is 39.1 Å². The summed E-state index contributed by atoms with van der Waals surface area (Å²) in [5.41, 5.74) is 2.80. The van der Waals surface area contributed by atoms with Gasteiger partial charge in [-0.05, 0) is 25.3 Å². The van der Waals surface area contributed by atoms with Gasteiger partial charge in [0.15, 0.2) is 16.9 Å². The summed E-state index contributed by atoms with van der Waals surface area (Å²) in [6.45, 7) is 2.66. The molecule has 0 saturated carbocycles. The summed E-state index contributed by atoms with van der Waals surface area (Å²) in [7, 11) is 3.50. The van der Waals surface area contributed by atoms with E-state index >= 15 is 0 Å². The van der Waals surface area contributed by atoms with Crippen LogP contribution in [0.5, 0.6) is 0 Å². The van der Waals surface area contributed by atoms with E-state index in [9.17, 15) is 9.90 Å². The Hall–Kier alpha value is -3.66. The van der Waals surface area contributed by atoms with Gasteiger partial charge in [0.25, 0.3) is 0 Å². The lowest BCUT2D eigenvalue weighted by atomic mass is 10.0. The molecule has 0 spiro atoms. The third kappa shape index (κ3) is 3.66. The Labute approximate surface area is 189 Å². The quantitative estimate of drug-likeness (QED) is 0.445. The smallest absolute Gasteiger partial charge is 0.349 e. The average molecular weight is 450 g/mol. The molecule has 1 fully saturated rings.